The molecule has 352 valence electrons. The van der Waals surface area contributed by atoms with E-state index >= 15 is 0 Å². The van der Waals surface area contributed by atoms with Gasteiger partial charge in [0.2, 0.25) is 5.91 Å². The average molecular weight is 931 g/mol. The zero-order valence-corrected chi connectivity index (χ0v) is 37.5. The number of anilines is 2. The number of benzene rings is 4. The second-order valence-corrected chi connectivity index (χ2v) is 16.1. The van der Waals surface area contributed by atoms with E-state index in [1.54, 1.807) is 14.3 Å². The quantitative estimate of drug-likeness (QED) is 0.0714. The number of para-hydroxylation sites is 2. The van der Waals surface area contributed by atoms with Gasteiger partial charge < -0.3 is 36.3 Å². The van der Waals surface area contributed by atoms with E-state index in [-0.39, 0.29) is 40.7 Å². The number of nitrogens with two attached hydrogens (primary N) is 2. The second kappa shape index (κ2) is 21.2. The van der Waals surface area contributed by atoms with Crippen LogP contribution in [0.15, 0.2) is 144 Å². The Bertz CT molecular complexity index is 3220. The van der Waals surface area contributed by atoms with E-state index in [1.807, 2.05) is 109 Å². The lowest BCUT2D eigenvalue weighted by atomic mass is 10.1. The first kappa shape index (κ1) is 46.7. The summed E-state index contributed by atoms with van der Waals surface area (Å²) in [6, 6.07) is 34.3. The van der Waals surface area contributed by atoms with Gasteiger partial charge in [0.05, 0.1) is 29.9 Å². The lowest BCUT2D eigenvalue weighted by Crippen LogP contribution is -2.37. The Labute approximate surface area is 394 Å². The highest BCUT2D eigenvalue weighted by atomic mass is 16.5. The van der Waals surface area contributed by atoms with Crippen molar-refractivity contribution in [2.24, 2.45) is 0 Å². The first-order valence-corrected chi connectivity index (χ1v) is 22.2. The Hall–Kier alpha value is -8.84. The summed E-state index contributed by atoms with van der Waals surface area (Å²) in [6.07, 6.45) is 6.04. The van der Waals surface area contributed by atoms with E-state index in [2.05, 4.69) is 38.9 Å². The number of carbonyl (C=O) groups is 2. The largest absolute Gasteiger partial charge is 0.478 e. The molecule has 2 aliphatic heterocycles. The zero-order chi connectivity index (χ0) is 48.4. The Morgan fingerprint density at radius 1 is 0.667 bits per heavy atom. The predicted octanol–water partition coefficient (Wildman–Crippen LogP) is 6.51. The summed E-state index contributed by atoms with van der Waals surface area (Å²) in [5.41, 5.74) is 15.3. The number of aliphatic carboxylic acids is 1. The molecule has 0 aliphatic carbocycles. The minimum atomic E-state index is -0.981. The Balaban J connectivity index is 0.000000171. The minimum absolute atomic E-state index is 0.0862. The van der Waals surface area contributed by atoms with Gasteiger partial charge >= 0.3 is 5.97 Å². The molecule has 2 aliphatic rings. The third-order valence-electron chi connectivity index (χ3n) is 11.6. The third kappa shape index (κ3) is 10.7. The number of H-pyrrole nitrogens is 2. The van der Waals surface area contributed by atoms with E-state index in [0.717, 1.165) is 60.9 Å². The van der Waals surface area contributed by atoms with E-state index in [9.17, 15) is 19.2 Å². The van der Waals surface area contributed by atoms with Gasteiger partial charge in [-0.3, -0.25) is 23.7 Å². The average Bonchev–Trinajstić information content (AvgIpc) is 4.21. The molecular weight excluding hydrogens is 881 g/mol. The van der Waals surface area contributed by atoms with Crippen molar-refractivity contribution < 1.29 is 24.2 Å². The lowest BCUT2D eigenvalue weighted by Gasteiger charge is -2.23. The van der Waals surface area contributed by atoms with E-state index in [0.29, 0.717) is 64.3 Å². The van der Waals surface area contributed by atoms with Crippen molar-refractivity contribution in [3.8, 4) is 45.5 Å². The Kier molecular flexibility index (Phi) is 14.3. The highest BCUT2D eigenvalue weighted by molar-refractivity contribution is 6.00. The summed E-state index contributed by atoms with van der Waals surface area (Å²) in [4.78, 5) is 48.6. The molecule has 19 nitrogen and oxygen atoms in total. The molecule has 69 heavy (non-hydrogen) atoms. The van der Waals surface area contributed by atoms with Gasteiger partial charge in [-0.05, 0) is 111 Å². The molecule has 0 bridgehead atoms. The van der Waals surface area contributed by atoms with Gasteiger partial charge in [0.25, 0.3) is 11.1 Å². The summed E-state index contributed by atoms with van der Waals surface area (Å²) in [5.74, 6) is 2.23. The maximum atomic E-state index is 12.7. The van der Waals surface area contributed by atoms with Gasteiger partial charge in [-0.2, -0.15) is 20.4 Å². The van der Waals surface area contributed by atoms with Crippen LogP contribution in [0.1, 0.15) is 25.7 Å². The molecule has 6 heterocycles. The number of likely N-dealkylation sites (tertiary alicyclic amines) is 1. The number of ether oxygens (including phenoxy) is 2. The standard InChI is InChI=1S/C25H24N6O3.C22H22N6O2.C3H4O2/c1-2-20(32)30-14-6-7-17(30)15-31-23-21(24(26)27-28-25(23)33)22(29-31)16-10-12-19(13-11-16)34-18-8-4-3-5-9-18;23-21-18-19(14-8-10-17(11-9-14)30-16-6-2-1-3-7-16)27-28(13-15-5-4-12-24-15)20(18)22(29)26-25-21;1-2-3(4)5/h2-5,8-13,17H,1,6-7,14-15H2,(H2,26,27)(H,28,33);1-3,6-11,15,24H,4-5,12-13H2,(H2,23,25)(H,26,29);2H,1H2,(H,4,5)/t17-;15-;/m00./s1. The van der Waals surface area contributed by atoms with Crippen molar-refractivity contribution in [2.75, 3.05) is 24.6 Å². The highest BCUT2D eigenvalue weighted by Gasteiger charge is 2.30. The molecule has 4 aromatic heterocycles. The van der Waals surface area contributed by atoms with Crippen LogP contribution in [0.4, 0.5) is 11.6 Å². The number of aromatic nitrogens is 8. The van der Waals surface area contributed by atoms with E-state index < -0.39 is 5.97 Å². The van der Waals surface area contributed by atoms with Crippen LogP contribution in [-0.2, 0) is 22.7 Å². The smallest absolute Gasteiger partial charge is 0.327 e. The number of nitrogens with zero attached hydrogens (tertiary/aromatic N) is 7. The van der Waals surface area contributed by atoms with Crippen LogP contribution < -0.4 is 37.4 Å². The third-order valence-corrected chi connectivity index (χ3v) is 11.6. The molecule has 0 spiro atoms. The van der Waals surface area contributed by atoms with Crippen molar-refractivity contribution in [3.63, 3.8) is 0 Å². The summed E-state index contributed by atoms with van der Waals surface area (Å²) in [6.45, 7) is 9.18. The minimum Gasteiger partial charge on any atom is -0.478 e. The van der Waals surface area contributed by atoms with Gasteiger partial charge in [-0.25, -0.2) is 15.0 Å². The van der Waals surface area contributed by atoms with E-state index in [4.69, 9.17) is 36.2 Å². The highest BCUT2D eigenvalue weighted by Crippen LogP contribution is 2.34. The molecule has 0 saturated carbocycles. The molecule has 10 rings (SSSR count). The number of rotatable bonds is 12. The van der Waals surface area contributed by atoms with Gasteiger partial charge in [0.15, 0.2) is 11.6 Å². The molecule has 0 unspecified atom stereocenters. The fourth-order valence-electron chi connectivity index (χ4n) is 8.34. The van der Waals surface area contributed by atoms with Crippen LogP contribution in [0.2, 0.25) is 0 Å². The normalized spacial score (nSPS) is 15.2. The van der Waals surface area contributed by atoms with Crippen LogP contribution in [0, 0.1) is 0 Å². The number of carbonyl (C=O) groups excluding carboxylic acids is 1. The molecule has 2 saturated heterocycles. The van der Waals surface area contributed by atoms with Gasteiger partial charge in [-0.15, -0.1) is 0 Å². The molecule has 19 heteroatoms. The molecule has 8 N–H and O–H groups in total. The van der Waals surface area contributed by atoms with Crippen molar-refractivity contribution in [2.45, 2.75) is 50.9 Å². The first-order chi connectivity index (χ1) is 33.5. The van der Waals surface area contributed by atoms with Gasteiger partial charge in [-0.1, -0.05) is 49.6 Å². The molecule has 4 aromatic carbocycles. The number of carboxylic acid groups (broad SMARTS) is 1. The van der Waals surface area contributed by atoms with E-state index in [1.165, 1.54) is 6.08 Å². The summed E-state index contributed by atoms with van der Waals surface area (Å²) in [5, 5.41) is 34.5. The number of amides is 1. The maximum Gasteiger partial charge on any atom is 0.327 e. The first-order valence-electron chi connectivity index (χ1n) is 22.2. The van der Waals surface area contributed by atoms with Crippen LogP contribution in [0.5, 0.6) is 23.0 Å². The number of aromatic amines is 2. The number of nitrogens with one attached hydrogen (secondary N) is 3. The number of hydrogen-bond donors (Lipinski definition) is 6. The molecule has 0 radical (unpaired) electrons. The van der Waals surface area contributed by atoms with Crippen molar-refractivity contribution in [1.82, 2.24) is 50.2 Å². The zero-order valence-electron chi connectivity index (χ0n) is 37.5. The van der Waals surface area contributed by atoms with Crippen LogP contribution >= 0.6 is 0 Å². The van der Waals surface area contributed by atoms with Crippen LogP contribution in [0.3, 0.4) is 0 Å². The fraction of sp³-hybridized carbons (Fsp3) is 0.200. The lowest BCUT2D eigenvalue weighted by molar-refractivity contribution is -0.131. The maximum absolute atomic E-state index is 12.7. The van der Waals surface area contributed by atoms with Crippen LogP contribution in [-0.4, -0.2) is 87.0 Å². The van der Waals surface area contributed by atoms with Crippen molar-refractivity contribution >= 4 is 45.3 Å². The predicted molar refractivity (Wildman–Crippen MR) is 263 cm³/mol. The number of fused-ring (bicyclic) bond motifs is 2. The van der Waals surface area contributed by atoms with Crippen molar-refractivity contribution in [3.05, 3.63) is 155 Å². The van der Waals surface area contributed by atoms with Gasteiger partial charge in [0, 0.05) is 29.8 Å². The fourth-order valence-corrected chi connectivity index (χ4v) is 8.34. The van der Waals surface area contributed by atoms with Crippen molar-refractivity contribution in [1.29, 1.82) is 0 Å². The molecule has 2 atom stereocenters. The molecular formula is C50H50N12O7. The van der Waals surface area contributed by atoms with Crippen LogP contribution in [0.25, 0.3) is 44.3 Å². The summed E-state index contributed by atoms with van der Waals surface area (Å²) < 4.78 is 15.1. The van der Waals surface area contributed by atoms with Gasteiger partial charge in [0.1, 0.15) is 45.4 Å². The SMILES string of the molecule is C=CC(=O)N1CCC[C@H]1Cn1nc(-c2ccc(Oc3ccccc3)cc2)c2c(N)n[nH]c(=O)c21.C=CC(=O)O.Nc1n[nH]c(=O)c2c1c(-c1ccc(Oc3ccccc3)cc1)nn2C[C@@H]1CCCN1. The Morgan fingerprint density at radius 2 is 1.13 bits per heavy atom. The molecule has 2 fully saturated rings. The molecule has 1 amide bonds. The summed E-state index contributed by atoms with van der Waals surface area (Å²) >= 11 is 0. The second-order valence-electron chi connectivity index (χ2n) is 16.1. The number of hydrogen-bond acceptors (Lipinski definition) is 13. The summed E-state index contributed by atoms with van der Waals surface area (Å²) in [7, 11) is 0. The Morgan fingerprint density at radius 3 is 1.57 bits per heavy atom. The number of carboxylic acids is 1. The molecule has 8 aromatic rings. The topological polar surface area (TPSA) is 267 Å². The monoisotopic (exact) mass is 930 g/mol. The number of nitrogen functional groups attached to an aromatic ring is 2.